The van der Waals surface area contributed by atoms with E-state index < -0.39 is 6.10 Å². The molecule has 0 fully saturated rings. The lowest BCUT2D eigenvalue weighted by Gasteiger charge is -2.17. The summed E-state index contributed by atoms with van der Waals surface area (Å²) in [4.78, 5) is 16.9. The van der Waals surface area contributed by atoms with Crippen LogP contribution in [0.1, 0.15) is 27.7 Å². The number of hydrogen-bond donors (Lipinski definition) is 2. The number of benzene rings is 2. The Labute approximate surface area is 133 Å². The maximum Gasteiger partial charge on any atom is 0.270 e. The minimum absolute atomic E-state index is 0.267. The Balaban J connectivity index is 1.62. The van der Waals surface area contributed by atoms with Crippen LogP contribution in [-0.4, -0.2) is 22.1 Å². The molecule has 3 aromatic rings. The van der Waals surface area contributed by atoms with E-state index in [1.54, 1.807) is 6.07 Å². The third-order valence-electron chi connectivity index (χ3n) is 4.32. The van der Waals surface area contributed by atoms with Crippen LogP contribution in [0.4, 0.5) is 0 Å². The van der Waals surface area contributed by atoms with Crippen molar-refractivity contribution < 1.29 is 9.90 Å². The number of amides is 1. The van der Waals surface area contributed by atoms with Crippen LogP contribution in [0.3, 0.4) is 0 Å². The summed E-state index contributed by atoms with van der Waals surface area (Å²) in [6.45, 7) is 0. The molecule has 1 amide bonds. The van der Waals surface area contributed by atoms with E-state index >= 15 is 0 Å². The first-order valence-corrected chi connectivity index (χ1v) is 7.65. The van der Waals surface area contributed by atoms with Crippen molar-refractivity contribution in [2.75, 3.05) is 0 Å². The van der Waals surface area contributed by atoms with E-state index in [1.807, 2.05) is 54.6 Å². The SMILES string of the molecule is O=C(N[C@@H]1c2ccccc2C[C@@H]1O)c1ccc2ccccc2n1. The van der Waals surface area contributed by atoms with Crippen LogP contribution < -0.4 is 5.32 Å². The molecule has 2 atom stereocenters. The molecule has 2 N–H and O–H groups in total. The van der Waals surface area contributed by atoms with Crippen molar-refractivity contribution in [2.24, 2.45) is 0 Å². The van der Waals surface area contributed by atoms with Crippen LogP contribution in [-0.2, 0) is 6.42 Å². The van der Waals surface area contributed by atoms with Crippen molar-refractivity contribution in [1.82, 2.24) is 10.3 Å². The van der Waals surface area contributed by atoms with E-state index in [2.05, 4.69) is 10.3 Å². The second-order valence-corrected chi connectivity index (χ2v) is 5.81. The van der Waals surface area contributed by atoms with Crippen LogP contribution in [0, 0.1) is 0 Å². The molecule has 4 heteroatoms. The van der Waals surface area contributed by atoms with E-state index in [0.717, 1.165) is 22.0 Å². The maximum absolute atomic E-state index is 12.5. The van der Waals surface area contributed by atoms with Crippen LogP contribution in [0.2, 0.25) is 0 Å². The smallest absolute Gasteiger partial charge is 0.270 e. The van der Waals surface area contributed by atoms with E-state index in [-0.39, 0.29) is 11.9 Å². The third-order valence-corrected chi connectivity index (χ3v) is 4.32. The Hall–Kier alpha value is -2.72. The van der Waals surface area contributed by atoms with Gasteiger partial charge in [-0.15, -0.1) is 0 Å². The number of carbonyl (C=O) groups is 1. The Morgan fingerprint density at radius 2 is 1.83 bits per heavy atom. The van der Waals surface area contributed by atoms with E-state index in [0.29, 0.717) is 12.1 Å². The first-order chi connectivity index (χ1) is 11.2. The van der Waals surface area contributed by atoms with Gasteiger partial charge in [-0.3, -0.25) is 4.79 Å². The number of aromatic nitrogens is 1. The zero-order valence-electron chi connectivity index (χ0n) is 12.4. The topological polar surface area (TPSA) is 62.2 Å². The number of aliphatic hydroxyl groups is 1. The summed E-state index contributed by atoms with van der Waals surface area (Å²) >= 11 is 0. The quantitative estimate of drug-likeness (QED) is 0.765. The van der Waals surface area contributed by atoms with Crippen molar-refractivity contribution in [1.29, 1.82) is 0 Å². The monoisotopic (exact) mass is 304 g/mol. The average molecular weight is 304 g/mol. The van der Waals surface area contributed by atoms with Gasteiger partial charge >= 0.3 is 0 Å². The lowest BCUT2D eigenvalue weighted by molar-refractivity contribution is 0.0854. The van der Waals surface area contributed by atoms with Crippen molar-refractivity contribution in [3.8, 4) is 0 Å². The zero-order chi connectivity index (χ0) is 15.8. The number of hydrogen-bond acceptors (Lipinski definition) is 3. The largest absolute Gasteiger partial charge is 0.390 e. The van der Waals surface area contributed by atoms with Gasteiger partial charge in [-0.25, -0.2) is 4.98 Å². The van der Waals surface area contributed by atoms with Gasteiger partial charge in [-0.2, -0.15) is 0 Å². The molecule has 2 aromatic carbocycles. The fourth-order valence-electron chi connectivity index (χ4n) is 3.16. The second kappa shape index (κ2) is 5.48. The molecular formula is C19H16N2O2. The molecule has 0 bridgehead atoms. The minimum atomic E-state index is -0.600. The molecule has 4 rings (SSSR count). The molecule has 4 nitrogen and oxygen atoms in total. The molecule has 1 aliphatic carbocycles. The molecule has 114 valence electrons. The Kier molecular flexibility index (Phi) is 3.32. The minimum Gasteiger partial charge on any atom is -0.390 e. The number of pyridine rings is 1. The third kappa shape index (κ3) is 2.47. The van der Waals surface area contributed by atoms with Gasteiger partial charge in [0, 0.05) is 11.8 Å². The maximum atomic E-state index is 12.5. The number of para-hydroxylation sites is 1. The predicted octanol–water partition coefficient (Wildman–Crippen LogP) is 2.62. The van der Waals surface area contributed by atoms with Crippen molar-refractivity contribution in [3.05, 3.63) is 77.5 Å². The highest BCUT2D eigenvalue weighted by Gasteiger charge is 2.32. The average Bonchev–Trinajstić information content (AvgIpc) is 2.90. The molecule has 0 aliphatic heterocycles. The first-order valence-electron chi connectivity index (χ1n) is 7.65. The molecule has 0 unspecified atom stereocenters. The summed E-state index contributed by atoms with van der Waals surface area (Å²) in [6, 6.07) is 18.7. The molecule has 0 spiro atoms. The van der Waals surface area contributed by atoms with Gasteiger partial charge in [-0.1, -0.05) is 48.5 Å². The summed E-state index contributed by atoms with van der Waals surface area (Å²) in [5.74, 6) is -0.267. The van der Waals surface area contributed by atoms with Crippen molar-refractivity contribution in [3.63, 3.8) is 0 Å². The first kappa shape index (κ1) is 13.9. The van der Waals surface area contributed by atoms with E-state index in [4.69, 9.17) is 0 Å². The normalized spacial score (nSPS) is 19.5. The lowest BCUT2D eigenvalue weighted by Crippen LogP contribution is -2.34. The highest BCUT2D eigenvalue weighted by atomic mass is 16.3. The van der Waals surface area contributed by atoms with Gasteiger partial charge in [-0.05, 0) is 23.3 Å². The van der Waals surface area contributed by atoms with E-state index in [1.165, 1.54) is 0 Å². The van der Waals surface area contributed by atoms with Crippen LogP contribution >= 0.6 is 0 Å². The molecule has 0 saturated heterocycles. The number of aliphatic hydroxyl groups excluding tert-OH is 1. The summed E-state index contributed by atoms with van der Waals surface area (Å²) in [7, 11) is 0. The predicted molar refractivity (Wildman–Crippen MR) is 88.1 cm³/mol. The van der Waals surface area contributed by atoms with Crippen molar-refractivity contribution in [2.45, 2.75) is 18.6 Å². The summed E-state index contributed by atoms with van der Waals surface area (Å²) in [6.07, 6.45) is -0.0384. The lowest BCUT2D eigenvalue weighted by atomic mass is 10.1. The standard InChI is InChI=1S/C19H16N2O2/c22-17-11-13-6-1-3-7-14(13)18(17)21-19(23)16-10-9-12-5-2-4-8-15(12)20-16/h1-10,17-18,22H,11H2,(H,21,23)/t17-,18+/m0/s1. The van der Waals surface area contributed by atoms with Gasteiger partial charge in [0.05, 0.1) is 17.7 Å². The summed E-state index contributed by atoms with van der Waals surface area (Å²) < 4.78 is 0. The van der Waals surface area contributed by atoms with Gasteiger partial charge in [0.25, 0.3) is 5.91 Å². The van der Waals surface area contributed by atoms with Crippen LogP contribution in [0.15, 0.2) is 60.7 Å². The molecule has 0 saturated carbocycles. The summed E-state index contributed by atoms with van der Waals surface area (Å²) in [5.41, 5.74) is 3.21. The molecule has 1 aromatic heterocycles. The molecule has 0 radical (unpaired) electrons. The molecule has 1 aliphatic rings. The zero-order valence-corrected chi connectivity index (χ0v) is 12.4. The van der Waals surface area contributed by atoms with Gasteiger partial charge in [0.15, 0.2) is 0 Å². The van der Waals surface area contributed by atoms with Crippen LogP contribution in [0.25, 0.3) is 10.9 Å². The second-order valence-electron chi connectivity index (χ2n) is 5.81. The Bertz CT molecular complexity index is 891. The van der Waals surface area contributed by atoms with Gasteiger partial charge in [0.1, 0.15) is 5.69 Å². The molecular weight excluding hydrogens is 288 g/mol. The Morgan fingerprint density at radius 1 is 1.04 bits per heavy atom. The van der Waals surface area contributed by atoms with Gasteiger partial charge in [0.2, 0.25) is 0 Å². The number of nitrogens with zero attached hydrogens (tertiary/aromatic N) is 1. The van der Waals surface area contributed by atoms with Crippen LogP contribution in [0.5, 0.6) is 0 Å². The molecule has 1 heterocycles. The van der Waals surface area contributed by atoms with E-state index in [9.17, 15) is 9.90 Å². The highest BCUT2D eigenvalue weighted by Crippen LogP contribution is 2.31. The number of rotatable bonds is 2. The highest BCUT2D eigenvalue weighted by molar-refractivity contribution is 5.95. The number of carbonyl (C=O) groups excluding carboxylic acids is 1. The fourth-order valence-corrected chi connectivity index (χ4v) is 3.16. The van der Waals surface area contributed by atoms with Gasteiger partial charge < -0.3 is 10.4 Å². The molecule has 23 heavy (non-hydrogen) atoms. The number of fused-ring (bicyclic) bond motifs is 2. The number of nitrogens with one attached hydrogen (secondary N) is 1. The fraction of sp³-hybridized carbons (Fsp3) is 0.158. The summed E-state index contributed by atoms with van der Waals surface area (Å²) in [5, 5.41) is 14.2. The van der Waals surface area contributed by atoms with Crippen molar-refractivity contribution >= 4 is 16.8 Å². The Morgan fingerprint density at radius 3 is 2.74 bits per heavy atom.